The Balaban J connectivity index is 1.68. The smallest absolute Gasteiger partial charge is 0.0798 e. The summed E-state index contributed by atoms with van der Waals surface area (Å²) in [5, 5.41) is 3.57. The number of thiazole rings is 1. The number of hydrogen-bond donors (Lipinski definition) is 1. The Morgan fingerprint density at radius 2 is 2.20 bits per heavy atom. The van der Waals surface area contributed by atoms with Crippen LogP contribution in [0.2, 0.25) is 0 Å². The molecule has 0 unspecified atom stereocenters. The van der Waals surface area contributed by atoms with Crippen molar-refractivity contribution in [3.05, 3.63) is 16.1 Å². The largest absolute Gasteiger partial charge is 0.312 e. The quantitative estimate of drug-likeness (QED) is 0.850. The number of nitrogens with one attached hydrogen (secondary N) is 1. The Hall–Kier alpha value is -0.410. The molecule has 3 heteroatoms. The average Bonchev–Trinajstić information content (AvgIpc) is 2.66. The first-order valence-corrected chi connectivity index (χ1v) is 6.84. The van der Waals surface area contributed by atoms with E-state index >= 15 is 0 Å². The molecule has 15 heavy (non-hydrogen) atoms. The maximum atomic E-state index is 4.26. The van der Waals surface area contributed by atoms with Crippen LogP contribution in [-0.4, -0.2) is 11.5 Å². The van der Waals surface area contributed by atoms with E-state index in [2.05, 4.69) is 17.2 Å². The van der Waals surface area contributed by atoms with Crippen molar-refractivity contribution in [2.24, 2.45) is 5.92 Å². The van der Waals surface area contributed by atoms with Gasteiger partial charge < -0.3 is 5.32 Å². The molecule has 1 heterocycles. The fourth-order valence-electron chi connectivity index (χ4n) is 2.28. The molecule has 0 bridgehead atoms. The highest BCUT2D eigenvalue weighted by molar-refractivity contribution is 7.09. The van der Waals surface area contributed by atoms with Crippen LogP contribution in [0.5, 0.6) is 0 Å². The van der Waals surface area contributed by atoms with E-state index in [1.807, 2.05) is 5.51 Å². The summed E-state index contributed by atoms with van der Waals surface area (Å²) >= 11 is 1.76. The highest BCUT2D eigenvalue weighted by atomic mass is 32.1. The fraction of sp³-hybridized carbons (Fsp3) is 0.750. The summed E-state index contributed by atoms with van der Waals surface area (Å²) in [5.41, 5.74) is 3.13. The van der Waals surface area contributed by atoms with Crippen molar-refractivity contribution in [3.8, 4) is 0 Å². The van der Waals surface area contributed by atoms with E-state index in [1.165, 1.54) is 49.2 Å². The summed E-state index contributed by atoms with van der Waals surface area (Å²) < 4.78 is 0. The Morgan fingerprint density at radius 1 is 1.40 bits per heavy atom. The highest BCUT2D eigenvalue weighted by Crippen LogP contribution is 2.23. The molecule has 1 fully saturated rings. The van der Waals surface area contributed by atoms with Gasteiger partial charge in [-0.25, -0.2) is 4.98 Å². The molecule has 1 saturated carbocycles. The zero-order valence-corrected chi connectivity index (χ0v) is 10.3. The van der Waals surface area contributed by atoms with E-state index in [1.54, 1.807) is 11.3 Å². The SMILES string of the molecule is Cc1ncsc1CNCC1CCCCC1. The minimum absolute atomic E-state index is 0.923. The van der Waals surface area contributed by atoms with E-state index in [9.17, 15) is 0 Å². The lowest BCUT2D eigenvalue weighted by Gasteiger charge is -2.21. The average molecular weight is 224 g/mol. The summed E-state index contributed by atoms with van der Waals surface area (Å²) in [5.74, 6) is 0.923. The van der Waals surface area contributed by atoms with E-state index in [0.29, 0.717) is 0 Å². The third kappa shape index (κ3) is 3.28. The molecule has 1 N–H and O–H groups in total. The molecule has 0 atom stereocenters. The molecule has 1 aromatic rings. The van der Waals surface area contributed by atoms with Crippen LogP contribution in [0.4, 0.5) is 0 Å². The second-order valence-corrected chi connectivity index (χ2v) is 5.44. The minimum atomic E-state index is 0.923. The van der Waals surface area contributed by atoms with Crippen LogP contribution < -0.4 is 5.32 Å². The maximum absolute atomic E-state index is 4.26. The predicted molar refractivity (Wildman–Crippen MR) is 65.1 cm³/mol. The van der Waals surface area contributed by atoms with Gasteiger partial charge in [0.2, 0.25) is 0 Å². The van der Waals surface area contributed by atoms with Crippen molar-refractivity contribution < 1.29 is 0 Å². The molecule has 0 amide bonds. The highest BCUT2D eigenvalue weighted by Gasteiger charge is 2.12. The summed E-state index contributed by atoms with van der Waals surface area (Å²) in [6.45, 7) is 4.29. The van der Waals surface area contributed by atoms with E-state index < -0.39 is 0 Å². The van der Waals surface area contributed by atoms with Gasteiger partial charge in [0.25, 0.3) is 0 Å². The first kappa shape index (κ1) is 11.1. The van der Waals surface area contributed by atoms with Crippen molar-refractivity contribution in [2.75, 3.05) is 6.54 Å². The normalized spacial score (nSPS) is 18.2. The number of rotatable bonds is 4. The maximum Gasteiger partial charge on any atom is 0.0798 e. The zero-order chi connectivity index (χ0) is 10.5. The summed E-state index contributed by atoms with van der Waals surface area (Å²) in [6.07, 6.45) is 7.17. The van der Waals surface area contributed by atoms with Crippen molar-refractivity contribution in [2.45, 2.75) is 45.6 Å². The second-order valence-electron chi connectivity index (χ2n) is 4.50. The van der Waals surface area contributed by atoms with Crippen molar-refractivity contribution in [1.29, 1.82) is 0 Å². The number of hydrogen-bond acceptors (Lipinski definition) is 3. The van der Waals surface area contributed by atoms with Gasteiger partial charge in [0.15, 0.2) is 0 Å². The van der Waals surface area contributed by atoms with Crippen molar-refractivity contribution in [3.63, 3.8) is 0 Å². The third-order valence-electron chi connectivity index (χ3n) is 3.29. The monoisotopic (exact) mass is 224 g/mol. The lowest BCUT2D eigenvalue weighted by Crippen LogP contribution is -2.24. The Labute approximate surface area is 96.1 Å². The van der Waals surface area contributed by atoms with Gasteiger partial charge in [0, 0.05) is 11.4 Å². The van der Waals surface area contributed by atoms with Gasteiger partial charge in [-0.15, -0.1) is 11.3 Å². The molecule has 0 aromatic carbocycles. The van der Waals surface area contributed by atoms with Gasteiger partial charge in [-0.05, 0) is 32.2 Å². The van der Waals surface area contributed by atoms with Crippen molar-refractivity contribution >= 4 is 11.3 Å². The van der Waals surface area contributed by atoms with E-state index in [4.69, 9.17) is 0 Å². The number of nitrogens with zero attached hydrogens (tertiary/aromatic N) is 1. The van der Waals surface area contributed by atoms with Crippen LogP contribution in [0.25, 0.3) is 0 Å². The first-order valence-electron chi connectivity index (χ1n) is 5.96. The van der Waals surface area contributed by atoms with Crippen LogP contribution in [-0.2, 0) is 6.54 Å². The van der Waals surface area contributed by atoms with Gasteiger partial charge in [-0.1, -0.05) is 19.3 Å². The predicted octanol–water partition coefficient (Wildman–Crippen LogP) is 3.12. The Bertz CT molecular complexity index is 290. The lowest BCUT2D eigenvalue weighted by atomic mass is 9.89. The Morgan fingerprint density at radius 3 is 2.87 bits per heavy atom. The minimum Gasteiger partial charge on any atom is -0.312 e. The molecular weight excluding hydrogens is 204 g/mol. The lowest BCUT2D eigenvalue weighted by molar-refractivity contribution is 0.342. The van der Waals surface area contributed by atoms with Gasteiger partial charge in [-0.2, -0.15) is 0 Å². The first-order chi connectivity index (χ1) is 7.36. The van der Waals surface area contributed by atoms with E-state index in [0.717, 1.165) is 12.5 Å². The number of aromatic nitrogens is 1. The van der Waals surface area contributed by atoms with Crippen molar-refractivity contribution in [1.82, 2.24) is 10.3 Å². The van der Waals surface area contributed by atoms with Crippen LogP contribution >= 0.6 is 11.3 Å². The second kappa shape index (κ2) is 5.61. The molecule has 0 aliphatic heterocycles. The Kier molecular flexibility index (Phi) is 4.15. The molecule has 1 aromatic heterocycles. The van der Waals surface area contributed by atoms with Gasteiger partial charge >= 0.3 is 0 Å². The molecule has 0 saturated heterocycles. The molecule has 0 radical (unpaired) electrons. The summed E-state index contributed by atoms with van der Waals surface area (Å²) in [7, 11) is 0. The summed E-state index contributed by atoms with van der Waals surface area (Å²) in [4.78, 5) is 5.65. The topological polar surface area (TPSA) is 24.9 Å². The van der Waals surface area contributed by atoms with Crippen LogP contribution in [0.1, 0.15) is 42.7 Å². The van der Waals surface area contributed by atoms with Crippen LogP contribution in [0, 0.1) is 12.8 Å². The zero-order valence-electron chi connectivity index (χ0n) is 9.46. The molecule has 1 aliphatic rings. The molecule has 2 rings (SSSR count). The number of aryl methyl sites for hydroxylation is 1. The van der Waals surface area contributed by atoms with Gasteiger partial charge in [-0.3, -0.25) is 0 Å². The molecule has 0 spiro atoms. The molecule has 1 aliphatic carbocycles. The van der Waals surface area contributed by atoms with Gasteiger partial charge in [0.1, 0.15) is 0 Å². The van der Waals surface area contributed by atoms with Crippen LogP contribution in [0.3, 0.4) is 0 Å². The van der Waals surface area contributed by atoms with Crippen LogP contribution in [0.15, 0.2) is 5.51 Å². The third-order valence-corrected chi connectivity index (χ3v) is 4.22. The van der Waals surface area contributed by atoms with E-state index in [-0.39, 0.29) is 0 Å². The molecule has 84 valence electrons. The fourth-order valence-corrected chi connectivity index (χ4v) is 3.02. The standard InChI is InChI=1S/C12H20N2S/c1-10-12(15-9-14-10)8-13-7-11-5-3-2-4-6-11/h9,11,13H,2-8H2,1H3. The summed E-state index contributed by atoms with van der Waals surface area (Å²) in [6, 6.07) is 0. The molecular formula is C12H20N2S. The van der Waals surface area contributed by atoms with Gasteiger partial charge in [0.05, 0.1) is 11.2 Å². The molecule has 2 nitrogen and oxygen atoms in total.